The van der Waals surface area contributed by atoms with Crippen molar-refractivity contribution in [2.75, 3.05) is 6.61 Å². The number of ether oxygens (including phenoxy) is 1. The minimum Gasteiger partial charge on any atom is -0.402 e. The first-order valence-corrected chi connectivity index (χ1v) is 10.2. The van der Waals surface area contributed by atoms with Gasteiger partial charge in [0.05, 0.1) is 7.44 Å². The molecule has 4 nitrogen and oxygen atoms in total. The lowest BCUT2D eigenvalue weighted by Gasteiger charge is -2.50. The summed E-state index contributed by atoms with van der Waals surface area (Å²) in [6, 6.07) is 19.4. The normalized spacial score (nSPS) is 21.4. The van der Waals surface area contributed by atoms with Crippen molar-refractivity contribution in [3.8, 4) is 0 Å². The monoisotopic (exact) mass is 338 g/mol. The third-order valence-corrected chi connectivity index (χ3v) is 8.79. The zero-order valence-electron chi connectivity index (χ0n) is 13.5. The number of rotatable bonds is 5. The maximum absolute atomic E-state index is 9.55. The highest BCUT2D eigenvalue weighted by molar-refractivity contribution is 7.33. The van der Waals surface area contributed by atoms with E-state index in [1.165, 1.54) is 0 Å². The lowest BCUT2D eigenvalue weighted by Crippen LogP contribution is -2.77. The minimum atomic E-state index is -3.08. The molecule has 0 bridgehead atoms. The van der Waals surface area contributed by atoms with Gasteiger partial charge in [-0.05, 0) is 19.3 Å². The van der Waals surface area contributed by atoms with Gasteiger partial charge in [0, 0.05) is 6.61 Å². The summed E-state index contributed by atoms with van der Waals surface area (Å²) in [5, 5.41) is 21.0. The van der Waals surface area contributed by atoms with E-state index >= 15 is 0 Å². The Morgan fingerprint density at radius 3 is 1.92 bits per heavy atom. The van der Waals surface area contributed by atoms with E-state index in [4.69, 9.17) is 16.8 Å². The van der Waals surface area contributed by atoms with Crippen molar-refractivity contribution in [3.05, 3.63) is 60.7 Å². The fourth-order valence-corrected chi connectivity index (χ4v) is 7.29. The largest absolute Gasteiger partial charge is 0.635 e. The average molecular weight is 338 g/mol. The second-order valence-corrected chi connectivity index (χ2v) is 9.58. The molecule has 1 aliphatic rings. The van der Waals surface area contributed by atoms with Gasteiger partial charge in [-0.3, -0.25) is 0 Å². The van der Waals surface area contributed by atoms with E-state index in [1.807, 2.05) is 60.7 Å². The van der Waals surface area contributed by atoms with E-state index in [0.717, 1.165) is 23.2 Å². The molecule has 1 fully saturated rings. The van der Waals surface area contributed by atoms with Crippen LogP contribution in [0.25, 0.3) is 0 Å². The van der Waals surface area contributed by atoms with Crippen LogP contribution in [0.1, 0.15) is 19.3 Å². The van der Waals surface area contributed by atoms with Gasteiger partial charge in [-0.25, -0.2) is 0 Å². The summed E-state index contributed by atoms with van der Waals surface area (Å²) in [4.78, 5) is 0. The minimum absolute atomic E-state index is 0.484. The maximum Gasteiger partial charge on any atom is 0.635 e. The van der Waals surface area contributed by atoms with Crippen LogP contribution >= 0.6 is 0 Å². The molecule has 2 radical (unpaired) electrons. The van der Waals surface area contributed by atoms with Crippen molar-refractivity contribution in [1.29, 1.82) is 0 Å². The number of benzene rings is 2. The van der Waals surface area contributed by atoms with Gasteiger partial charge in [0.15, 0.2) is 0 Å². The van der Waals surface area contributed by atoms with E-state index < -0.39 is 20.7 Å². The number of hydrogen-bond acceptors (Lipinski definition) is 4. The lowest BCUT2D eigenvalue weighted by atomic mass is 10.1. The van der Waals surface area contributed by atoms with Crippen molar-refractivity contribution in [1.82, 2.24) is 0 Å². The second kappa shape index (κ2) is 7.25. The highest BCUT2D eigenvalue weighted by Crippen LogP contribution is 2.34. The Morgan fingerprint density at radius 1 is 0.958 bits per heavy atom. The molecule has 3 rings (SSSR count). The maximum atomic E-state index is 9.55. The molecule has 0 spiro atoms. The van der Waals surface area contributed by atoms with Gasteiger partial charge in [-0.1, -0.05) is 71.0 Å². The summed E-state index contributed by atoms with van der Waals surface area (Å²) < 4.78 is 11.6. The molecule has 1 heterocycles. The summed E-state index contributed by atoms with van der Waals surface area (Å²) in [7, 11) is 2.05. The van der Waals surface area contributed by atoms with Gasteiger partial charge in [0.25, 0.3) is 0 Å². The Morgan fingerprint density at radius 2 is 1.50 bits per heavy atom. The van der Waals surface area contributed by atoms with Gasteiger partial charge in [0.1, 0.15) is 13.4 Å². The molecule has 7 heteroatoms. The highest BCUT2D eigenvalue weighted by Gasteiger charge is 2.55. The second-order valence-electron chi connectivity index (χ2n) is 6.04. The zero-order valence-corrected chi connectivity index (χ0v) is 14.5. The first-order valence-electron chi connectivity index (χ1n) is 8.16. The molecule has 122 valence electrons. The highest BCUT2D eigenvalue weighted by atomic mass is 28.3. The first-order chi connectivity index (χ1) is 11.6. The third kappa shape index (κ3) is 3.10. The van der Waals surface area contributed by atoms with E-state index in [2.05, 4.69) is 0 Å². The molecule has 0 aliphatic carbocycles. The number of hydrogen-bond donors (Lipinski definition) is 2. The molecule has 0 saturated carbocycles. The summed E-state index contributed by atoms with van der Waals surface area (Å²) in [6.07, 6.45) is 2.29. The van der Waals surface area contributed by atoms with Crippen molar-refractivity contribution < 1.29 is 19.4 Å². The van der Waals surface area contributed by atoms with Crippen LogP contribution in [0, 0.1) is 0 Å². The summed E-state index contributed by atoms with van der Waals surface area (Å²) in [5.74, 6) is 0. The van der Waals surface area contributed by atoms with Crippen LogP contribution < -0.4 is 10.4 Å². The van der Waals surface area contributed by atoms with Crippen LogP contribution in [0.15, 0.2) is 60.7 Å². The van der Waals surface area contributed by atoms with Crippen LogP contribution in [-0.2, 0) is 9.39 Å². The predicted octanol–water partition coefficient (Wildman–Crippen LogP) is 0.337. The molecule has 0 aromatic heterocycles. The van der Waals surface area contributed by atoms with Gasteiger partial charge in [-0.15, -0.1) is 0 Å². The van der Waals surface area contributed by atoms with Crippen LogP contribution in [-0.4, -0.2) is 44.8 Å². The molecule has 0 amide bonds. The van der Waals surface area contributed by atoms with Gasteiger partial charge in [-0.2, -0.15) is 0 Å². The first kappa shape index (κ1) is 17.4. The molecule has 2 N–H and O–H groups in total. The fourth-order valence-electron chi connectivity index (χ4n) is 3.44. The summed E-state index contributed by atoms with van der Waals surface area (Å²) >= 11 is 0. The topological polar surface area (TPSA) is 58.9 Å². The molecular weight excluding hydrogens is 318 g/mol. The van der Waals surface area contributed by atoms with Gasteiger partial charge in [0.2, 0.25) is 0 Å². The Hall–Kier alpha value is -1.37. The summed E-state index contributed by atoms with van der Waals surface area (Å²) in [6.45, 7) is 0.484. The molecular formula is C17H20B2O4Si. The van der Waals surface area contributed by atoms with Crippen molar-refractivity contribution in [3.63, 3.8) is 0 Å². The molecule has 1 saturated heterocycles. The summed E-state index contributed by atoms with van der Waals surface area (Å²) in [5.41, 5.74) is -1.22. The Balaban J connectivity index is 2.19. The van der Waals surface area contributed by atoms with Crippen molar-refractivity contribution >= 4 is 33.1 Å². The van der Waals surface area contributed by atoms with E-state index in [0.29, 0.717) is 13.0 Å². The molecule has 1 aliphatic heterocycles. The van der Waals surface area contributed by atoms with E-state index in [-0.39, 0.29) is 0 Å². The van der Waals surface area contributed by atoms with Crippen molar-refractivity contribution in [2.45, 2.75) is 24.7 Å². The standard InChI is InChI=1S/C17H20B2O4Si/c18-24(15-9-3-1-4-10-15,16-11-5-2-6-12-16)17(23-19(20)21)13-7-8-14-22-17/h1-6,9-12,20-21H,7-8,13-14H2. The Kier molecular flexibility index (Phi) is 5.27. The van der Waals surface area contributed by atoms with Crippen molar-refractivity contribution in [2.24, 2.45) is 0 Å². The fraction of sp³-hybridized carbons (Fsp3) is 0.294. The van der Waals surface area contributed by atoms with Crippen LogP contribution in [0.5, 0.6) is 0 Å². The van der Waals surface area contributed by atoms with E-state index in [1.54, 1.807) is 0 Å². The zero-order chi connectivity index (χ0) is 17.0. The van der Waals surface area contributed by atoms with Gasteiger partial charge < -0.3 is 19.4 Å². The van der Waals surface area contributed by atoms with Crippen LogP contribution in [0.3, 0.4) is 0 Å². The third-order valence-electron chi connectivity index (χ3n) is 4.59. The average Bonchev–Trinajstić information content (AvgIpc) is 2.62. The molecule has 2 aromatic carbocycles. The lowest BCUT2D eigenvalue weighted by molar-refractivity contribution is -0.165. The Bertz CT molecular complexity index is 609. The van der Waals surface area contributed by atoms with Crippen LogP contribution in [0.2, 0.25) is 0 Å². The predicted molar refractivity (Wildman–Crippen MR) is 97.5 cm³/mol. The molecule has 24 heavy (non-hydrogen) atoms. The SMILES string of the molecule is [B][Si](c1ccccc1)(c1ccccc1)C1(OB(O)O)CCCCO1. The van der Waals surface area contributed by atoms with Gasteiger partial charge >= 0.3 is 7.32 Å². The quantitative estimate of drug-likeness (QED) is 0.772. The smallest absolute Gasteiger partial charge is 0.402 e. The molecule has 1 unspecified atom stereocenters. The Labute approximate surface area is 145 Å². The molecule has 2 aromatic rings. The van der Waals surface area contributed by atoms with E-state index in [9.17, 15) is 10.0 Å². The molecule has 1 atom stereocenters. The van der Waals surface area contributed by atoms with Crippen LogP contribution in [0.4, 0.5) is 0 Å².